The third-order valence-corrected chi connectivity index (χ3v) is 5.51. The first kappa shape index (κ1) is 22.6. The highest BCUT2D eigenvalue weighted by Crippen LogP contribution is 2.29. The van der Waals surface area contributed by atoms with Crippen LogP contribution in [0.25, 0.3) is 6.08 Å². The zero-order valence-corrected chi connectivity index (χ0v) is 19.7. The molecule has 0 radical (unpaired) electrons. The fourth-order valence-corrected chi connectivity index (χ4v) is 3.52. The van der Waals surface area contributed by atoms with Gasteiger partial charge in [-0.05, 0) is 60.7 Å². The molecule has 10 heteroatoms. The second kappa shape index (κ2) is 9.47. The maximum Gasteiger partial charge on any atom is 0.363 e. The molecule has 0 unspecified atom stereocenters. The van der Waals surface area contributed by atoms with Crippen LogP contribution < -0.4 is 4.74 Å². The van der Waals surface area contributed by atoms with Gasteiger partial charge in [0.25, 0.3) is 5.69 Å². The fourth-order valence-electron chi connectivity index (χ4n) is 2.88. The van der Waals surface area contributed by atoms with Gasteiger partial charge in [-0.1, -0.05) is 31.9 Å². The molecule has 1 aliphatic rings. The number of hydrogen-bond acceptors (Lipinski definition) is 7. The van der Waals surface area contributed by atoms with E-state index < -0.39 is 16.9 Å². The van der Waals surface area contributed by atoms with E-state index in [4.69, 9.17) is 9.47 Å². The van der Waals surface area contributed by atoms with E-state index >= 15 is 0 Å². The van der Waals surface area contributed by atoms with Gasteiger partial charge in [0.05, 0.1) is 10.5 Å². The van der Waals surface area contributed by atoms with Gasteiger partial charge < -0.3 is 9.47 Å². The minimum Gasteiger partial charge on any atom is -0.422 e. The molecule has 0 spiro atoms. The van der Waals surface area contributed by atoms with Crippen molar-refractivity contribution in [3.05, 3.63) is 108 Å². The summed E-state index contributed by atoms with van der Waals surface area (Å²) in [6.45, 7) is 0. The zero-order chi connectivity index (χ0) is 23.5. The lowest BCUT2D eigenvalue weighted by Crippen LogP contribution is -2.09. The molecule has 8 nitrogen and oxygen atoms in total. The molecule has 0 atom stereocenters. The lowest BCUT2D eigenvalue weighted by atomic mass is 10.1. The molecular formula is C23H12Br2N2O6. The van der Waals surface area contributed by atoms with Gasteiger partial charge >= 0.3 is 11.9 Å². The molecule has 0 saturated carbocycles. The number of ether oxygens (including phenoxy) is 2. The number of hydrogen-bond donors (Lipinski definition) is 0. The van der Waals surface area contributed by atoms with Crippen LogP contribution in [0.2, 0.25) is 0 Å². The van der Waals surface area contributed by atoms with Crippen LogP contribution >= 0.6 is 31.9 Å². The Morgan fingerprint density at radius 2 is 1.67 bits per heavy atom. The van der Waals surface area contributed by atoms with Crippen LogP contribution in [0, 0.1) is 10.1 Å². The molecular weight excluding hydrogens is 560 g/mol. The summed E-state index contributed by atoms with van der Waals surface area (Å²) in [7, 11) is 0. The Hall–Kier alpha value is -3.63. The molecule has 0 aromatic heterocycles. The van der Waals surface area contributed by atoms with E-state index in [0.717, 1.165) is 4.47 Å². The number of nitro groups is 1. The Balaban J connectivity index is 1.63. The molecule has 33 heavy (non-hydrogen) atoms. The topological polar surface area (TPSA) is 108 Å². The molecule has 0 saturated heterocycles. The second-order valence-corrected chi connectivity index (χ2v) is 8.55. The molecule has 0 aliphatic carbocycles. The Kier molecular flexibility index (Phi) is 6.47. The van der Waals surface area contributed by atoms with Gasteiger partial charge in [-0.25, -0.2) is 14.6 Å². The lowest BCUT2D eigenvalue weighted by molar-refractivity contribution is -0.384. The number of benzene rings is 3. The Morgan fingerprint density at radius 3 is 2.33 bits per heavy atom. The van der Waals surface area contributed by atoms with E-state index in [1.54, 1.807) is 42.5 Å². The summed E-state index contributed by atoms with van der Waals surface area (Å²) >= 11 is 6.68. The summed E-state index contributed by atoms with van der Waals surface area (Å²) in [6, 6.07) is 17.1. The summed E-state index contributed by atoms with van der Waals surface area (Å²) in [5.74, 6) is -1.02. The number of nitrogens with zero attached hydrogens (tertiary/aromatic N) is 2. The minimum absolute atomic E-state index is 0.0117. The summed E-state index contributed by atoms with van der Waals surface area (Å²) in [5.41, 5.74) is 1.09. The van der Waals surface area contributed by atoms with Crippen LogP contribution in [0.5, 0.6) is 5.75 Å². The van der Waals surface area contributed by atoms with Crippen molar-refractivity contribution in [2.24, 2.45) is 4.99 Å². The van der Waals surface area contributed by atoms with E-state index in [9.17, 15) is 19.7 Å². The highest BCUT2D eigenvalue weighted by Gasteiger charge is 2.25. The van der Waals surface area contributed by atoms with Crippen LogP contribution in [-0.4, -0.2) is 22.8 Å². The van der Waals surface area contributed by atoms with Gasteiger partial charge in [0.1, 0.15) is 5.75 Å². The highest BCUT2D eigenvalue weighted by atomic mass is 79.9. The molecule has 164 valence electrons. The number of aliphatic imine (C=N–C) groups is 1. The number of nitro benzene ring substituents is 1. The lowest BCUT2D eigenvalue weighted by Gasteiger charge is -2.08. The quantitative estimate of drug-likeness (QED) is 0.128. The van der Waals surface area contributed by atoms with Crippen LogP contribution in [-0.2, 0) is 9.53 Å². The van der Waals surface area contributed by atoms with Crippen LogP contribution in [0.3, 0.4) is 0 Å². The van der Waals surface area contributed by atoms with Crippen molar-refractivity contribution < 1.29 is 24.0 Å². The third-order valence-electron chi connectivity index (χ3n) is 4.49. The summed E-state index contributed by atoms with van der Waals surface area (Å²) in [4.78, 5) is 39.4. The number of carbonyl (C=O) groups excluding carboxylic acids is 2. The van der Waals surface area contributed by atoms with Gasteiger partial charge in [-0.3, -0.25) is 10.1 Å². The standard InChI is InChI=1S/C23H12Br2N2O6/c24-16-5-1-14(2-6-16)22(28)32-20-10-7-17(25)11-15(20)12-19-23(29)33-21(26-19)13-3-8-18(9-4-13)27(30)31/h1-12H/b19-12+. The van der Waals surface area contributed by atoms with Gasteiger partial charge in [0.2, 0.25) is 5.90 Å². The predicted octanol–water partition coefficient (Wildman–Crippen LogP) is 5.68. The Bertz CT molecular complexity index is 1330. The van der Waals surface area contributed by atoms with E-state index in [0.29, 0.717) is 21.2 Å². The first-order chi connectivity index (χ1) is 15.8. The van der Waals surface area contributed by atoms with E-state index in [2.05, 4.69) is 36.9 Å². The maximum absolute atomic E-state index is 12.5. The van der Waals surface area contributed by atoms with E-state index in [1.807, 2.05) is 0 Å². The van der Waals surface area contributed by atoms with Gasteiger partial charge in [-0.15, -0.1) is 0 Å². The summed E-state index contributed by atoms with van der Waals surface area (Å²) in [6.07, 6.45) is 1.44. The van der Waals surface area contributed by atoms with Crippen molar-refractivity contribution in [2.45, 2.75) is 0 Å². The molecule has 1 heterocycles. The minimum atomic E-state index is -0.700. The fraction of sp³-hybridized carbons (Fsp3) is 0. The highest BCUT2D eigenvalue weighted by molar-refractivity contribution is 9.10. The van der Waals surface area contributed by atoms with E-state index in [-0.39, 0.29) is 23.0 Å². The largest absolute Gasteiger partial charge is 0.422 e. The van der Waals surface area contributed by atoms with Crippen molar-refractivity contribution in [1.82, 2.24) is 0 Å². The van der Waals surface area contributed by atoms with Crippen molar-refractivity contribution in [2.75, 3.05) is 0 Å². The Morgan fingerprint density at radius 1 is 1.00 bits per heavy atom. The van der Waals surface area contributed by atoms with Crippen LogP contribution in [0.4, 0.5) is 5.69 Å². The van der Waals surface area contributed by atoms with Crippen molar-refractivity contribution in [3.8, 4) is 5.75 Å². The number of cyclic esters (lactones) is 1. The third kappa shape index (κ3) is 5.24. The Labute approximate surface area is 204 Å². The van der Waals surface area contributed by atoms with Gasteiger partial charge in [0, 0.05) is 32.2 Å². The van der Waals surface area contributed by atoms with Crippen molar-refractivity contribution in [1.29, 1.82) is 0 Å². The summed E-state index contributed by atoms with van der Waals surface area (Å²) in [5, 5.41) is 10.8. The molecule has 3 aromatic rings. The normalized spacial score (nSPS) is 14.1. The van der Waals surface area contributed by atoms with E-state index in [1.165, 1.54) is 30.3 Å². The van der Waals surface area contributed by atoms with Gasteiger partial charge in [-0.2, -0.15) is 0 Å². The predicted molar refractivity (Wildman–Crippen MR) is 127 cm³/mol. The molecule has 1 aliphatic heterocycles. The van der Waals surface area contributed by atoms with Crippen molar-refractivity contribution in [3.63, 3.8) is 0 Å². The maximum atomic E-state index is 12.5. The molecule has 4 rings (SSSR count). The molecule has 0 fully saturated rings. The SMILES string of the molecule is O=C1OC(c2ccc([N+](=O)[O-])cc2)=N/C1=C/c1cc(Br)ccc1OC(=O)c1ccc(Br)cc1. The molecule has 0 N–H and O–H groups in total. The summed E-state index contributed by atoms with van der Waals surface area (Å²) < 4.78 is 12.3. The number of rotatable bonds is 5. The average Bonchev–Trinajstić information content (AvgIpc) is 3.16. The van der Waals surface area contributed by atoms with Gasteiger partial charge in [0.15, 0.2) is 5.70 Å². The molecule has 0 bridgehead atoms. The zero-order valence-electron chi connectivity index (χ0n) is 16.5. The van der Waals surface area contributed by atoms with Crippen molar-refractivity contribution >= 4 is 61.5 Å². The number of carbonyl (C=O) groups is 2. The number of non-ortho nitro benzene ring substituents is 1. The first-order valence-corrected chi connectivity index (χ1v) is 10.9. The monoisotopic (exact) mass is 570 g/mol. The number of esters is 2. The number of halogens is 2. The molecule has 0 amide bonds. The van der Waals surface area contributed by atoms with Crippen LogP contribution in [0.15, 0.2) is 86.4 Å². The average molecular weight is 572 g/mol. The first-order valence-electron chi connectivity index (χ1n) is 9.35. The second-order valence-electron chi connectivity index (χ2n) is 6.72. The smallest absolute Gasteiger partial charge is 0.363 e. The van der Waals surface area contributed by atoms with Crippen LogP contribution in [0.1, 0.15) is 21.5 Å². The molecule has 3 aromatic carbocycles.